The van der Waals surface area contributed by atoms with Crippen molar-refractivity contribution in [3.63, 3.8) is 0 Å². The first-order valence-corrected chi connectivity index (χ1v) is 5.36. The molecule has 0 bridgehead atoms. The Kier molecular flexibility index (Phi) is 3.14. The number of alkyl halides is 3. The maximum absolute atomic E-state index is 13.4. The molecule has 1 aromatic heterocycles. The van der Waals surface area contributed by atoms with Crippen molar-refractivity contribution in [2.45, 2.75) is 6.18 Å². The molecule has 0 atom stereocenters. The number of hydrogen-bond acceptors (Lipinski definition) is 1. The molecule has 1 heterocycles. The van der Waals surface area contributed by atoms with E-state index in [1.165, 1.54) is 0 Å². The molecule has 1 aromatic carbocycles. The van der Waals surface area contributed by atoms with Crippen LogP contribution in [0.25, 0.3) is 11.3 Å². The summed E-state index contributed by atoms with van der Waals surface area (Å²) in [6, 6.07) is 2.46. The Morgan fingerprint density at radius 2 is 1.83 bits per heavy atom. The van der Waals surface area contributed by atoms with E-state index in [4.69, 9.17) is 0 Å². The van der Waals surface area contributed by atoms with E-state index in [1.807, 2.05) is 0 Å². The monoisotopic (exact) mass is 326 g/mol. The van der Waals surface area contributed by atoms with Gasteiger partial charge in [0.15, 0.2) is 5.69 Å². The van der Waals surface area contributed by atoms with Gasteiger partial charge in [-0.15, -0.1) is 0 Å². The van der Waals surface area contributed by atoms with Gasteiger partial charge in [-0.25, -0.2) is 8.78 Å². The van der Waals surface area contributed by atoms with Crippen LogP contribution in [-0.4, -0.2) is 10.2 Å². The van der Waals surface area contributed by atoms with E-state index in [9.17, 15) is 22.0 Å². The summed E-state index contributed by atoms with van der Waals surface area (Å²) in [6.07, 6.45) is -4.66. The molecule has 0 aliphatic heterocycles. The van der Waals surface area contributed by atoms with E-state index in [0.717, 1.165) is 18.2 Å². The lowest BCUT2D eigenvalue weighted by Gasteiger charge is -2.04. The second-order valence-electron chi connectivity index (χ2n) is 3.38. The average Bonchev–Trinajstić information content (AvgIpc) is 2.63. The average molecular weight is 327 g/mol. The van der Waals surface area contributed by atoms with E-state index >= 15 is 0 Å². The summed E-state index contributed by atoms with van der Waals surface area (Å²) < 4.78 is 63.4. The van der Waals surface area contributed by atoms with E-state index in [0.29, 0.717) is 0 Å². The van der Waals surface area contributed by atoms with Gasteiger partial charge in [0.25, 0.3) is 0 Å². The van der Waals surface area contributed by atoms with Crippen LogP contribution < -0.4 is 0 Å². The molecular formula is C10H4BrF5N2. The Morgan fingerprint density at radius 1 is 1.17 bits per heavy atom. The molecule has 96 valence electrons. The molecule has 2 aromatic rings. The predicted molar refractivity (Wildman–Crippen MR) is 56.6 cm³/mol. The van der Waals surface area contributed by atoms with Gasteiger partial charge in [-0.3, -0.25) is 5.10 Å². The molecule has 0 aliphatic carbocycles. The molecule has 2 nitrogen and oxygen atoms in total. The van der Waals surface area contributed by atoms with Crippen molar-refractivity contribution >= 4 is 15.9 Å². The van der Waals surface area contributed by atoms with Gasteiger partial charge in [0.1, 0.15) is 17.3 Å². The predicted octanol–water partition coefficient (Wildman–Crippen LogP) is 4.14. The normalized spacial score (nSPS) is 11.9. The zero-order valence-electron chi connectivity index (χ0n) is 8.45. The standard InChI is InChI=1S/C10H4BrF5N2/c11-7-8(17-18-9(7)10(14,15)16)5-3-4(12)1-2-6(5)13/h1-3H,(H,17,18). The maximum Gasteiger partial charge on any atom is 0.433 e. The number of aromatic nitrogens is 2. The van der Waals surface area contributed by atoms with Crippen LogP contribution in [0, 0.1) is 11.6 Å². The fourth-order valence-electron chi connectivity index (χ4n) is 1.37. The summed E-state index contributed by atoms with van der Waals surface area (Å²) in [5.41, 5.74) is -1.84. The summed E-state index contributed by atoms with van der Waals surface area (Å²) in [5, 5.41) is 5.10. The van der Waals surface area contributed by atoms with Crippen LogP contribution in [0.2, 0.25) is 0 Å². The van der Waals surface area contributed by atoms with E-state index in [1.54, 1.807) is 5.10 Å². The molecule has 2 rings (SSSR count). The van der Waals surface area contributed by atoms with Crippen molar-refractivity contribution in [2.24, 2.45) is 0 Å². The number of hydrogen-bond donors (Lipinski definition) is 1. The second kappa shape index (κ2) is 4.34. The highest BCUT2D eigenvalue weighted by Gasteiger charge is 2.37. The zero-order chi connectivity index (χ0) is 13.5. The highest BCUT2D eigenvalue weighted by atomic mass is 79.9. The molecule has 0 fully saturated rings. The first-order chi connectivity index (χ1) is 8.30. The number of halogens is 6. The minimum absolute atomic E-state index is 0.334. The number of rotatable bonds is 1. The second-order valence-corrected chi connectivity index (χ2v) is 4.18. The third-order valence-corrected chi connectivity index (χ3v) is 2.95. The Labute approximate surface area is 106 Å². The van der Waals surface area contributed by atoms with E-state index in [-0.39, 0.29) is 11.3 Å². The molecular weight excluding hydrogens is 323 g/mol. The fourth-order valence-corrected chi connectivity index (χ4v) is 1.99. The van der Waals surface area contributed by atoms with Crippen molar-refractivity contribution in [1.82, 2.24) is 10.2 Å². The number of aromatic amines is 1. The van der Waals surface area contributed by atoms with Crippen molar-refractivity contribution in [3.8, 4) is 11.3 Å². The molecule has 0 saturated heterocycles. The quantitative estimate of drug-likeness (QED) is 0.784. The van der Waals surface area contributed by atoms with Crippen molar-refractivity contribution in [1.29, 1.82) is 0 Å². The number of nitrogens with one attached hydrogen (secondary N) is 1. The summed E-state index contributed by atoms with van der Waals surface area (Å²) in [6.45, 7) is 0. The van der Waals surface area contributed by atoms with Crippen molar-refractivity contribution < 1.29 is 22.0 Å². The van der Waals surface area contributed by atoms with Gasteiger partial charge in [-0.2, -0.15) is 18.3 Å². The van der Waals surface area contributed by atoms with Gasteiger partial charge in [-0.1, -0.05) is 0 Å². The van der Waals surface area contributed by atoms with Gasteiger partial charge in [0, 0.05) is 5.56 Å². The van der Waals surface area contributed by atoms with Crippen LogP contribution in [0.4, 0.5) is 22.0 Å². The van der Waals surface area contributed by atoms with Gasteiger partial charge < -0.3 is 0 Å². The smallest absolute Gasteiger partial charge is 0.272 e. The molecule has 0 spiro atoms. The number of benzene rings is 1. The van der Waals surface area contributed by atoms with Crippen LogP contribution in [-0.2, 0) is 6.18 Å². The zero-order valence-corrected chi connectivity index (χ0v) is 10.0. The molecule has 0 radical (unpaired) electrons. The Morgan fingerprint density at radius 3 is 2.39 bits per heavy atom. The Balaban J connectivity index is 2.59. The van der Waals surface area contributed by atoms with Gasteiger partial charge in [0.2, 0.25) is 0 Å². The lowest BCUT2D eigenvalue weighted by atomic mass is 10.1. The molecule has 1 N–H and O–H groups in total. The maximum atomic E-state index is 13.4. The minimum Gasteiger partial charge on any atom is -0.272 e. The number of H-pyrrole nitrogens is 1. The highest BCUT2D eigenvalue weighted by Crippen LogP contribution is 2.38. The largest absolute Gasteiger partial charge is 0.433 e. The van der Waals surface area contributed by atoms with Crippen LogP contribution in [0.1, 0.15) is 5.69 Å². The molecule has 0 amide bonds. The molecule has 8 heteroatoms. The Hall–Kier alpha value is -1.44. The van der Waals surface area contributed by atoms with Crippen LogP contribution in [0.5, 0.6) is 0 Å². The summed E-state index contributed by atoms with van der Waals surface area (Å²) in [5.74, 6) is -1.63. The molecule has 0 aliphatic rings. The summed E-state index contributed by atoms with van der Waals surface area (Å²) in [4.78, 5) is 0. The van der Waals surface area contributed by atoms with Crippen LogP contribution in [0.15, 0.2) is 22.7 Å². The van der Waals surface area contributed by atoms with Gasteiger partial charge in [-0.05, 0) is 34.1 Å². The third kappa shape index (κ3) is 2.24. The molecule has 0 unspecified atom stereocenters. The minimum atomic E-state index is -4.66. The van der Waals surface area contributed by atoms with E-state index < -0.39 is 28.0 Å². The summed E-state index contributed by atoms with van der Waals surface area (Å²) >= 11 is 2.68. The molecule has 18 heavy (non-hydrogen) atoms. The molecule has 0 saturated carbocycles. The van der Waals surface area contributed by atoms with Crippen molar-refractivity contribution in [3.05, 3.63) is 40.0 Å². The van der Waals surface area contributed by atoms with Crippen LogP contribution >= 0.6 is 15.9 Å². The number of nitrogens with zero attached hydrogens (tertiary/aromatic N) is 1. The first-order valence-electron chi connectivity index (χ1n) is 4.57. The summed E-state index contributed by atoms with van der Waals surface area (Å²) in [7, 11) is 0. The first kappa shape index (κ1) is 13.0. The topological polar surface area (TPSA) is 28.7 Å². The fraction of sp³-hybridized carbons (Fsp3) is 0.100. The van der Waals surface area contributed by atoms with Crippen LogP contribution in [0.3, 0.4) is 0 Å². The highest BCUT2D eigenvalue weighted by molar-refractivity contribution is 9.10. The van der Waals surface area contributed by atoms with Crippen molar-refractivity contribution in [2.75, 3.05) is 0 Å². The van der Waals surface area contributed by atoms with Gasteiger partial charge >= 0.3 is 6.18 Å². The third-order valence-electron chi connectivity index (χ3n) is 2.17. The lowest BCUT2D eigenvalue weighted by molar-refractivity contribution is -0.141. The lowest BCUT2D eigenvalue weighted by Crippen LogP contribution is -2.06. The Bertz CT molecular complexity index is 590. The van der Waals surface area contributed by atoms with Gasteiger partial charge in [0.05, 0.1) is 4.47 Å². The SMILES string of the molecule is Fc1ccc(F)c(-c2n[nH]c(C(F)(F)F)c2Br)c1. The van der Waals surface area contributed by atoms with E-state index in [2.05, 4.69) is 21.0 Å².